The summed E-state index contributed by atoms with van der Waals surface area (Å²) < 4.78 is 5.09. The predicted molar refractivity (Wildman–Crippen MR) is 142 cm³/mol. The maximum Gasteiger partial charge on any atom is 0.527 e. The van der Waals surface area contributed by atoms with Crippen LogP contribution in [0.1, 0.15) is 64.4 Å². The first-order chi connectivity index (χ1) is 17.3. The maximum atomic E-state index is 11.8. The molecular weight excluding hydrogens is 450 g/mol. The zero-order chi connectivity index (χ0) is 25.3. The number of carbonyl (C=O) groups excluding carboxylic acids is 1. The summed E-state index contributed by atoms with van der Waals surface area (Å²) >= 11 is 0. The lowest BCUT2D eigenvalue weighted by molar-refractivity contribution is -0.0261. The van der Waals surface area contributed by atoms with Gasteiger partial charge in [0.15, 0.2) is 0 Å². The first-order valence-electron chi connectivity index (χ1n) is 13.8. The van der Waals surface area contributed by atoms with E-state index in [9.17, 15) is 4.79 Å². The average Bonchev–Trinajstić information content (AvgIpc) is 3.21. The second-order valence-corrected chi connectivity index (χ2v) is 12.2. The Morgan fingerprint density at radius 2 is 2.00 bits per heavy atom. The van der Waals surface area contributed by atoms with Crippen molar-refractivity contribution in [2.45, 2.75) is 58.8 Å². The number of allylic oxidation sites excluding steroid dienone is 3. The van der Waals surface area contributed by atoms with Crippen LogP contribution in [0, 0.1) is 34.5 Å². The van der Waals surface area contributed by atoms with Gasteiger partial charge in [-0.05, 0) is 111 Å². The monoisotopic (exact) mass is 493 g/mol. The van der Waals surface area contributed by atoms with Crippen LogP contribution in [-0.2, 0) is 9.57 Å². The lowest BCUT2D eigenvalue weighted by Crippen LogP contribution is -2.50. The van der Waals surface area contributed by atoms with Gasteiger partial charge in [-0.25, -0.2) is 4.79 Å². The molecule has 2 saturated carbocycles. The van der Waals surface area contributed by atoms with Crippen LogP contribution in [0.5, 0.6) is 0 Å². The lowest BCUT2D eigenvalue weighted by atomic mass is 9.46. The fourth-order valence-electron chi connectivity index (χ4n) is 8.05. The van der Waals surface area contributed by atoms with Crippen LogP contribution in [0.4, 0.5) is 4.79 Å². The van der Waals surface area contributed by atoms with Crippen molar-refractivity contribution >= 4 is 11.7 Å². The van der Waals surface area contributed by atoms with E-state index >= 15 is 0 Å². The summed E-state index contributed by atoms with van der Waals surface area (Å²) in [4.78, 5) is 23.3. The molecule has 0 amide bonds. The van der Waals surface area contributed by atoms with Crippen molar-refractivity contribution in [3.8, 4) is 0 Å². The summed E-state index contributed by atoms with van der Waals surface area (Å²) in [6.45, 7) is 6.74. The minimum absolute atomic E-state index is 0.279. The molecule has 6 atom stereocenters. The molecule has 1 unspecified atom stereocenters. The summed E-state index contributed by atoms with van der Waals surface area (Å²) in [5.41, 5.74) is 7.97. The Hall–Kier alpha value is -2.18. The van der Waals surface area contributed by atoms with E-state index in [-0.39, 0.29) is 5.41 Å². The van der Waals surface area contributed by atoms with Crippen LogP contribution < -0.4 is 5.48 Å². The Balaban J connectivity index is 1.20. The highest BCUT2D eigenvalue weighted by atomic mass is 16.8. The van der Waals surface area contributed by atoms with Gasteiger partial charge in [-0.1, -0.05) is 37.6 Å². The zero-order valence-electron chi connectivity index (χ0n) is 22.5. The normalized spacial score (nSPS) is 35.2. The summed E-state index contributed by atoms with van der Waals surface area (Å²) in [5.74, 6) is 2.72. The second-order valence-electron chi connectivity index (χ2n) is 12.2. The molecule has 36 heavy (non-hydrogen) atoms. The van der Waals surface area contributed by atoms with Crippen molar-refractivity contribution in [2.24, 2.45) is 34.5 Å². The first-order valence-corrected chi connectivity index (χ1v) is 13.8. The Bertz CT molecular complexity index is 1010. The third-order valence-corrected chi connectivity index (χ3v) is 10.0. The van der Waals surface area contributed by atoms with Crippen LogP contribution in [-0.4, -0.2) is 49.8 Å². The van der Waals surface area contributed by atoms with E-state index in [2.05, 4.69) is 54.8 Å². The molecule has 0 saturated heterocycles. The molecule has 0 aliphatic heterocycles. The SMILES string of the molecule is CN(C)CCOC(=O)ONCC1C=C2CC[C@H]3[C@H](CC[C@]4(C)C(c5cccnc5)=CC[C@@H]34)[C@@]2(C)CC1. The van der Waals surface area contributed by atoms with Crippen LogP contribution in [0.3, 0.4) is 0 Å². The van der Waals surface area contributed by atoms with Gasteiger partial charge in [0.1, 0.15) is 6.61 Å². The molecule has 4 aliphatic carbocycles. The Morgan fingerprint density at radius 3 is 2.78 bits per heavy atom. The number of likely N-dealkylation sites (N-methyl/N-ethyl adjacent to an activating group) is 1. The first kappa shape index (κ1) is 25.5. The summed E-state index contributed by atoms with van der Waals surface area (Å²) in [5, 5.41) is 0. The smallest absolute Gasteiger partial charge is 0.432 e. The molecule has 0 spiro atoms. The number of fused-ring (bicyclic) bond motifs is 5. The van der Waals surface area contributed by atoms with E-state index in [0.717, 1.165) is 24.2 Å². The molecule has 2 fully saturated rings. The Labute approximate surface area is 216 Å². The standard InChI is InChI=1S/C30H43N3O3/c1-29-13-11-21(19-32-36-28(34)35-17-16-33(3)4)18-23(29)7-8-24-26-10-9-25(22-6-5-15-31-20-22)30(26,2)14-12-27(24)29/h5-6,9,15,18,20-21,24,26-27,32H,7-8,10-14,16-17,19H2,1-4H3/t21?,24-,26+,27+,29+,30-/m1/s1. The number of hydroxylamine groups is 1. The van der Waals surface area contributed by atoms with Crippen molar-refractivity contribution in [2.75, 3.05) is 33.8 Å². The molecular formula is C30H43N3O3. The third-order valence-electron chi connectivity index (χ3n) is 10.0. The average molecular weight is 494 g/mol. The van der Waals surface area contributed by atoms with Gasteiger partial charge >= 0.3 is 6.16 Å². The van der Waals surface area contributed by atoms with Crippen LogP contribution >= 0.6 is 0 Å². The number of ether oxygens (including phenoxy) is 1. The highest BCUT2D eigenvalue weighted by Gasteiger charge is 2.57. The van der Waals surface area contributed by atoms with Gasteiger partial charge in [-0.15, -0.1) is 5.48 Å². The molecule has 196 valence electrons. The molecule has 6 heteroatoms. The Morgan fingerprint density at radius 1 is 1.17 bits per heavy atom. The maximum absolute atomic E-state index is 11.8. The van der Waals surface area contributed by atoms with Crippen LogP contribution in [0.2, 0.25) is 0 Å². The molecule has 0 aromatic carbocycles. The minimum Gasteiger partial charge on any atom is -0.432 e. The molecule has 1 aromatic rings. The zero-order valence-corrected chi connectivity index (χ0v) is 22.5. The van der Waals surface area contributed by atoms with Crippen molar-refractivity contribution in [1.29, 1.82) is 0 Å². The van der Waals surface area contributed by atoms with Gasteiger partial charge in [0.25, 0.3) is 0 Å². The van der Waals surface area contributed by atoms with Gasteiger partial charge in [0, 0.05) is 25.5 Å². The van der Waals surface area contributed by atoms with E-state index in [0.29, 0.717) is 31.0 Å². The van der Waals surface area contributed by atoms with Gasteiger partial charge in [0.05, 0.1) is 0 Å². The van der Waals surface area contributed by atoms with Crippen molar-refractivity contribution in [3.05, 3.63) is 47.8 Å². The molecule has 4 aliphatic rings. The second kappa shape index (κ2) is 10.3. The van der Waals surface area contributed by atoms with Crippen LogP contribution in [0.25, 0.3) is 5.57 Å². The molecule has 1 aromatic heterocycles. The van der Waals surface area contributed by atoms with E-state index in [1.54, 1.807) is 11.1 Å². The largest absolute Gasteiger partial charge is 0.527 e. The van der Waals surface area contributed by atoms with Gasteiger partial charge in [0.2, 0.25) is 0 Å². The number of nitrogens with zero attached hydrogens (tertiary/aromatic N) is 2. The summed E-state index contributed by atoms with van der Waals surface area (Å²) in [7, 11) is 3.89. The molecule has 6 nitrogen and oxygen atoms in total. The van der Waals surface area contributed by atoms with Gasteiger partial charge in [-0.2, -0.15) is 0 Å². The van der Waals surface area contributed by atoms with Crippen molar-refractivity contribution in [3.63, 3.8) is 0 Å². The molecule has 1 heterocycles. The lowest BCUT2D eigenvalue weighted by Gasteiger charge is -2.58. The van der Waals surface area contributed by atoms with Crippen molar-refractivity contribution < 1.29 is 14.4 Å². The minimum atomic E-state index is -0.647. The Kier molecular flexibility index (Phi) is 7.28. The summed E-state index contributed by atoms with van der Waals surface area (Å²) in [6, 6.07) is 4.31. The molecule has 0 radical (unpaired) electrons. The number of pyridine rings is 1. The van der Waals surface area contributed by atoms with Crippen molar-refractivity contribution in [1.82, 2.24) is 15.4 Å². The number of carbonyl (C=O) groups is 1. The van der Waals surface area contributed by atoms with Crippen LogP contribution in [0.15, 0.2) is 42.3 Å². The number of hydrogen-bond donors (Lipinski definition) is 1. The number of aromatic nitrogens is 1. The van der Waals surface area contributed by atoms with E-state index < -0.39 is 6.16 Å². The fourth-order valence-corrected chi connectivity index (χ4v) is 8.05. The van der Waals surface area contributed by atoms with Gasteiger partial charge in [-0.3, -0.25) is 4.98 Å². The highest BCUT2D eigenvalue weighted by molar-refractivity contribution is 5.72. The molecule has 0 bridgehead atoms. The molecule has 1 N–H and O–H groups in total. The highest BCUT2D eigenvalue weighted by Crippen LogP contribution is 2.66. The van der Waals surface area contributed by atoms with Gasteiger partial charge < -0.3 is 14.5 Å². The van der Waals surface area contributed by atoms with E-state index in [4.69, 9.17) is 9.57 Å². The van der Waals surface area contributed by atoms with E-state index in [1.165, 1.54) is 44.1 Å². The predicted octanol–water partition coefficient (Wildman–Crippen LogP) is 5.87. The molecule has 5 rings (SSSR count). The number of nitrogens with one attached hydrogen (secondary N) is 1. The third kappa shape index (κ3) is 4.74. The number of hydrogen-bond acceptors (Lipinski definition) is 6. The van der Waals surface area contributed by atoms with E-state index in [1.807, 2.05) is 25.2 Å². The number of rotatable bonds is 7. The fraction of sp³-hybridized carbons (Fsp3) is 0.667. The quantitative estimate of drug-likeness (QED) is 0.291. The summed E-state index contributed by atoms with van der Waals surface area (Å²) in [6.07, 6.45) is 17.0. The topological polar surface area (TPSA) is 63.7 Å².